The molecule has 2 atom stereocenters. The van der Waals surface area contributed by atoms with Crippen LogP contribution in [-0.2, 0) is 14.9 Å². The molecule has 0 unspecified atom stereocenters. The molecule has 0 N–H and O–H groups in total. The second kappa shape index (κ2) is 6.09. The molecule has 0 spiro atoms. The maximum atomic E-state index is 12.6. The van der Waals surface area contributed by atoms with Crippen molar-refractivity contribution in [2.45, 2.75) is 24.2 Å². The first-order chi connectivity index (χ1) is 12.7. The minimum absolute atomic E-state index is 0.0236. The van der Waals surface area contributed by atoms with Gasteiger partial charge in [0.2, 0.25) is 11.8 Å². The second-order valence-corrected chi connectivity index (χ2v) is 7.46. The third-order valence-corrected chi connectivity index (χ3v) is 5.63. The molecule has 2 aromatic rings. The zero-order valence-electron chi connectivity index (χ0n) is 14.5. The van der Waals surface area contributed by atoms with E-state index in [4.69, 9.17) is 13.9 Å². The van der Waals surface area contributed by atoms with Gasteiger partial charge in [0.1, 0.15) is 5.75 Å². The summed E-state index contributed by atoms with van der Waals surface area (Å²) in [7, 11) is 0. The van der Waals surface area contributed by atoms with Gasteiger partial charge in [-0.05, 0) is 25.0 Å². The summed E-state index contributed by atoms with van der Waals surface area (Å²) in [4.78, 5) is 14.5. The number of para-hydroxylation sites is 1. The minimum Gasteiger partial charge on any atom is -0.484 e. The number of ether oxygens (including phenoxy) is 2. The third-order valence-electron chi connectivity index (χ3n) is 5.63. The van der Waals surface area contributed by atoms with E-state index in [0.717, 1.165) is 18.7 Å². The first kappa shape index (κ1) is 15.8. The highest BCUT2D eigenvalue weighted by Crippen LogP contribution is 2.45. The van der Waals surface area contributed by atoms with Crippen molar-refractivity contribution in [1.82, 2.24) is 15.1 Å². The molecule has 7 heteroatoms. The van der Waals surface area contributed by atoms with E-state index in [1.54, 1.807) is 0 Å². The molecule has 0 radical (unpaired) electrons. The molecule has 2 aliphatic heterocycles. The van der Waals surface area contributed by atoms with Crippen molar-refractivity contribution in [3.05, 3.63) is 42.1 Å². The third kappa shape index (κ3) is 2.67. The summed E-state index contributed by atoms with van der Waals surface area (Å²) < 4.78 is 17.3. The van der Waals surface area contributed by atoms with Gasteiger partial charge in [0, 0.05) is 24.9 Å². The molecular formula is C19H21N3O4. The van der Waals surface area contributed by atoms with Crippen LogP contribution in [0.2, 0.25) is 0 Å². The number of rotatable bonds is 5. The number of likely N-dealkylation sites (tertiary alicyclic amines) is 1. The predicted molar refractivity (Wildman–Crippen MR) is 90.8 cm³/mol. The Morgan fingerprint density at radius 3 is 2.92 bits per heavy atom. The van der Waals surface area contributed by atoms with Crippen LogP contribution in [0.3, 0.4) is 0 Å². The van der Waals surface area contributed by atoms with Gasteiger partial charge in [-0.25, -0.2) is 0 Å². The summed E-state index contributed by atoms with van der Waals surface area (Å²) in [5, 5.41) is 8.54. The quantitative estimate of drug-likeness (QED) is 0.813. The second-order valence-electron chi connectivity index (χ2n) is 7.46. The molecule has 1 aliphatic carbocycles. The highest BCUT2D eigenvalue weighted by Gasteiger charge is 2.56. The number of nitrogens with zero attached hydrogens (tertiary/aromatic N) is 3. The molecule has 7 nitrogen and oxygen atoms in total. The lowest BCUT2D eigenvalue weighted by molar-refractivity contribution is -0.132. The zero-order chi connectivity index (χ0) is 17.6. The zero-order valence-corrected chi connectivity index (χ0v) is 14.5. The molecule has 3 heterocycles. The summed E-state index contributed by atoms with van der Waals surface area (Å²) >= 11 is 0. The maximum Gasteiger partial charge on any atom is 0.260 e. The van der Waals surface area contributed by atoms with Gasteiger partial charge in [-0.3, -0.25) is 4.79 Å². The number of carbonyl (C=O) groups excluding carboxylic acids is 1. The Morgan fingerprint density at radius 1 is 1.27 bits per heavy atom. The number of benzene rings is 1. The lowest BCUT2D eigenvalue weighted by Gasteiger charge is -2.23. The standard InChI is InChI=1S/C19H21N3O4/c23-16(10-25-15-4-2-1-3-5-15)22-8-14-9-24-12-19(14,11-22)18-21-20-17(26-18)13-6-7-13/h1-5,13-14H,6-12H2/t14-,19-/m0/s1. The molecule has 136 valence electrons. The highest BCUT2D eigenvalue weighted by molar-refractivity contribution is 5.78. The Hall–Kier alpha value is -2.41. The summed E-state index contributed by atoms with van der Waals surface area (Å²) in [6, 6.07) is 9.39. The summed E-state index contributed by atoms with van der Waals surface area (Å²) in [6.07, 6.45) is 2.24. The van der Waals surface area contributed by atoms with E-state index in [1.807, 2.05) is 35.2 Å². The van der Waals surface area contributed by atoms with Crippen molar-refractivity contribution < 1.29 is 18.7 Å². The molecule has 5 rings (SSSR count). The number of fused-ring (bicyclic) bond motifs is 1. The van der Waals surface area contributed by atoms with Gasteiger partial charge in [0.05, 0.1) is 18.6 Å². The average molecular weight is 355 g/mol. The summed E-state index contributed by atoms with van der Waals surface area (Å²) in [5.41, 5.74) is -0.372. The predicted octanol–water partition coefficient (Wildman–Crippen LogP) is 1.75. The normalized spacial score (nSPS) is 27.5. The van der Waals surface area contributed by atoms with E-state index < -0.39 is 0 Å². The van der Waals surface area contributed by atoms with Crippen molar-refractivity contribution >= 4 is 5.91 Å². The van der Waals surface area contributed by atoms with Crippen LogP contribution >= 0.6 is 0 Å². The molecule has 1 saturated carbocycles. The fourth-order valence-corrected chi connectivity index (χ4v) is 3.91. The van der Waals surface area contributed by atoms with E-state index >= 15 is 0 Å². The van der Waals surface area contributed by atoms with Gasteiger partial charge in [0.15, 0.2) is 6.61 Å². The van der Waals surface area contributed by atoms with Gasteiger partial charge >= 0.3 is 0 Å². The monoisotopic (exact) mass is 355 g/mol. The van der Waals surface area contributed by atoms with Crippen LogP contribution in [0.15, 0.2) is 34.7 Å². The fraction of sp³-hybridized carbons (Fsp3) is 0.526. The minimum atomic E-state index is -0.372. The molecule has 0 bridgehead atoms. The number of hydrogen-bond acceptors (Lipinski definition) is 6. The van der Waals surface area contributed by atoms with Crippen LogP contribution in [0.25, 0.3) is 0 Å². The lowest BCUT2D eigenvalue weighted by atomic mass is 9.81. The average Bonchev–Trinajstić information content (AvgIpc) is 3.09. The first-order valence-electron chi connectivity index (χ1n) is 9.12. The van der Waals surface area contributed by atoms with Crippen LogP contribution in [0.1, 0.15) is 30.5 Å². The van der Waals surface area contributed by atoms with E-state index in [1.165, 1.54) is 0 Å². The molecular weight excluding hydrogens is 334 g/mol. The van der Waals surface area contributed by atoms with Crippen molar-refractivity contribution in [3.63, 3.8) is 0 Å². The molecule has 1 aromatic heterocycles. The van der Waals surface area contributed by atoms with Crippen LogP contribution < -0.4 is 4.74 Å². The first-order valence-corrected chi connectivity index (χ1v) is 9.12. The molecule has 1 aromatic carbocycles. The molecule has 3 aliphatic rings. The molecule has 26 heavy (non-hydrogen) atoms. The Balaban J connectivity index is 1.29. The van der Waals surface area contributed by atoms with Gasteiger partial charge in [-0.15, -0.1) is 10.2 Å². The van der Waals surface area contributed by atoms with Gasteiger partial charge in [-0.2, -0.15) is 0 Å². The number of hydrogen-bond donors (Lipinski definition) is 0. The van der Waals surface area contributed by atoms with Crippen LogP contribution in [-0.4, -0.2) is 53.9 Å². The van der Waals surface area contributed by atoms with Gasteiger partial charge in [0.25, 0.3) is 5.91 Å². The number of carbonyl (C=O) groups is 1. The summed E-state index contributed by atoms with van der Waals surface area (Å²) in [5.74, 6) is 2.65. The Morgan fingerprint density at radius 2 is 2.12 bits per heavy atom. The largest absolute Gasteiger partial charge is 0.484 e. The molecule has 2 saturated heterocycles. The fourth-order valence-electron chi connectivity index (χ4n) is 3.91. The Labute approximate surface area is 151 Å². The summed E-state index contributed by atoms with van der Waals surface area (Å²) in [6.45, 7) is 2.35. The number of aromatic nitrogens is 2. The van der Waals surface area contributed by atoms with E-state index in [0.29, 0.717) is 43.9 Å². The lowest BCUT2D eigenvalue weighted by Crippen LogP contribution is -2.39. The smallest absolute Gasteiger partial charge is 0.260 e. The van der Waals surface area contributed by atoms with E-state index in [-0.39, 0.29) is 23.8 Å². The van der Waals surface area contributed by atoms with Gasteiger partial charge < -0.3 is 18.8 Å². The maximum absolute atomic E-state index is 12.6. The van der Waals surface area contributed by atoms with Crippen molar-refractivity contribution in [2.24, 2.45) is 5.92 Å². The van der Waals surface area contributed by atoms with Crippen molar-refractivity contribution in [2.75, 3.05) is 32.9 Å². The van der Waals surface area contributed by atoms with E-state index in [2.05, 4.69) is 10.2 Å². The van der Waals surface area contributed by atoms with Crippen molar-refractivity contribution in [3.8, 4) is 5.75 Å². The van der Waals surface area contributed by atoms with Crippen molar-refractivity contribution in [1.29, 1.82) is 0 Å². The Kier molecular flexibility index (Phi) is 3.70. The van der Waals surface area contributed by atoms with Gasteiger partial charge in [-0.1, -0.05) is 18.2 Å². The molecule has 3 fully saturated rings. The van der Waals surface area contributed by atoms with Crippen LogP contribution in [0, 0.1) is 5.92 Å². The molecule has 1 amide bonds. The van der Waals surface area contributed by atoms with E-state index in [9.17, 15) is 4.79 Å². The van der Waals surface area contributed by atoms with Crippen LogP contribution in [0.4, 0.5) is 0 Å². The highest BCUT2D eigenvalue weighted by atomic mass is 16.5. The Bertz CT molecular complexity index is 804. The van der Waals surface area contributed by atoms with Crippen LogP contribution in [0.5, 0.6) is 5.75 Å². The topological polar surface area (TPSA) is 77.7 Å². The number of amides is 1. The SMILES string of the molecule is O=C(COc1ccccc1)N1C[C@H]2COC[C@@]2(c2nnc(C3CC3)o2)C1.